The van der Waals surface area contributed by atoms with Gasteiger partial charge >= 0.3 is 0 Å². The molecule has 0 atom stereocenters. The number of hydrogen-bond donors (Lipinski definition) is 0. The summed E-state index contributed by atoms with van der Waals surface area (Å²) < 4.78 is 16.9. The Morgan fingerprint density at radius 3 is 2.61 bits per heavy atom. The molecule has 0 aliphatic carbocycles. The summed E-state index contributed by atoms with van der Waals surface area (Å²) in [7, 11) is 0. The standard InChI is InChI=1S/C24H25N3O4/c1-16-3-2-4-19(13-16)24(28)27-14-21(15-27)30-20-7-5-17(6-8-20)22-25-23(31-26-22)18-9-11-29-12-10-18/h2-8,13,18,21H,9-12,14-15H2,1H3. The maximum Gasteiger partial charge on any atom is 0.254 e. The number of aromatic nitrogens is 2. The second kappa shape index (κ2) is 8.51. The molecule has 160 valence electrons. The number of carbonyl (C=O) groups is 1. The van der Waals surface area contributed by atoms with Crippen LogP contribution in [0.1, 0.15) is 40.6 Å². The predicted molar refractivity (Wildman–Crippen MR) is 114 cm³/mol. The Hall–Kier alpha value is -3.19. The van der Waals surface area contributed by atoms with Gasteiger partial charge in [0.2, 0.25) is 11.7 Å². The zero-order chi connectivity index (χ0) is 21.2. The van der Waals surface area contributed by atoms with E-state index in [0.29, 0.717) is 24.8 Å². The van der Waals surface area contributed by atoms with Crippen molar-refractivity contribution in [3.05, 3.63) is 65.5 Å². The second-order valence-corrected chi connectivity index (χ2v) is 8.19. The van der Waals surface area contributed by atoms with Gasteiger partial charge in [0.15, 0.2) is 0 Å². The Kier molecular flexibility index (Phi) is 5.42. The Morgan fingerprint density at radius 2 is 1.87 bits per heavy atom. The van der Waals surface area contributed by atoms with E-state index in [2.05, 4.69) is 10.1 Å². The lowest BCUT2D eigenvalue weighted by Gasteiger charge is -2.39. The third-order valence-electron chi connectivity index (χ3n) is 5.83. The van der Waals surface area contributed by atoms with E-state index in [1.54, 1.807) is 0 Å². The van der Waals surface area contributed by atoms with Crippen LogP contribution in [0.2, 0.25) is 0 Å². The normalized spacial score (nSPS) is 17.4. The number of ether oxygens (including phenoxy) is 2. The first-order valence-electron chi connectivity index (χ1n) is 10.7. The Balaban J connectivity index is 1.15. The van der Waals surface area contributed by atoms with Gasteiger partial charge in [0.25, 0.3) is 5.91 Å². The number of benzene rings is 2. The molecular weight excluding hydrogens is 394 g/mol. The highest BCUT2D eigenvalue weighted by atomic mass is 16.5. The summed E-state index contributed by atoms with van der Waals surface area (Å²) in [4.78, 5) is 18.9. The van der Waals surface area contributed by atoms with E-state index in [-0.39, 0.29) is 17.9 Å². The van der Waals surface area contributed by atoms with Crippen LogP contribution in [-0.2, 0) is 4.74 Å². The van der Waals surface area contributed by atoms with Crippen molar-refractivity contribution < 1.29 is 18.8 Å². The number of likely N-dealkylation sites (tertiary alicyclic amines) is 1. The molecule has 2 aliphatic heterocycles. The molecule has 1 amide bonds. The van der Waals surface area contributed by atoms with Crippen molar-refractivity contribution in [1.82, 2.24) is 15.0 Å². The predicted octanol–water partition coefficient (Wildman–Crippen LogP) is 3.84. The van der Waals surface area contributed by atoms with Crippen LogP contribution in [0.3, 0.4) is 0 Å². The van der Waals surface area contributed by atoms with Crippen LogP contribution in [0.15, 0.2) is 53.1 Å². The van der Waals surface area contributed by atoms with Gasteiger partial charge in [-0.2, -0.15) is 4.98 Å². The topological polar surface area (TPSA) is 77.7 Å². The van der Waals surface area contributed by atoms with Crippen molar-refractivity contribution in [3.63, 3.8) is 0 Å². The van der Waals surface area contributed by atoms with Gasteiger partial charge < -0.3 is 18.9 Å². The fourth-order valence-electron chi connectivity index (χ4n) is 3.98. The highest BCUT2D eigenvalue weighted by Gasteiger charge is 2.32. The van der Waals surface area contributed by atoms with E-state index in [9.17, 15) is 4.79 Å². The lowest BCUT2D eigenvalue weighted by molar-refractivity contribution is 0.0178. The van der Waals surface area contributed by atoms with Gasteiger partial charge in [0.1, 0.15) is 11.9 Å². The quantitative estimate of drug-likeness (QED) is 0.625. The van der Waals surface area contributed by atoms with Crippen LogP contribution in [0.25, 0.3) is 11.4 Å². The van der Waals surface area contributed by atoms with E-state index >= 15 is 0 Å². The second-order valence-electron chi connectivity index (χ2n) is 8.19. The number of hydrogen-bond acceptors (Lipinski definition) is 6. The molecule has 0 radical (unpaired) electrons. The van der Waals surface area contributed by atoms with Crippen molar-refractivity contribution in [3.8, 4) is 17.1 Å². The Labute approximate surface area is 181 Å². The summed E-state index contributed by atoms with van der Waals surface area (Å²) in [6.07, 6.45) is 1.84. The zero-order valence-electron chi connectivity index (χ0n) is 17.5. The summed E-state index contributed by atoms with van der Waals surface area (Å²) in [5.41, 5.74) is 2.70. The zero-order valence-corrected chi connectivity index (χ0v) is 17.5. The average Bonchev–Trinajstić information content (AvgIpc) is 3.27. The van der Waals surface area contributed by atoms with E-state index in [4.69, 9.17) is 14.0 Å². The van der Waals surface area contributed by atoms with Crippen molar-refractivity contribution in [2.24, 2.45) is 0 Å². The first-order chi connectivity index (χ1) is 15.2. The molecule has 7 heteroatoms. The third-order valence-corrected chi connectivity index (χ3v) is 5.83. The van der Waals surface area contributed by atoms with Crippen molar-refractivity contribution >= 4 is 5.91 Å². The first-order valence-corrected chi connectivity index (χ1v) is 10.7. The highest BCUT2D eigenvalue weighted by molar-refractivity contribution is 5.95. The number of aryl methyl sites for hydroxylation is 1. The molecule has 5 rings (SSSR count). The summed E-state index contributed by atoms with van der Waals surface area (Å²) in [6, 6.07) is 15.4. The smallest absolute Gasteiger partial charge is 0.254 e. The molecule has 31 heavy (non-hydrogen) atoms. The number of rotatable bonds is 5. The number of carbonyl (C=O) groups excluding carboxylic acids is 1. The largest absolute Gasteiger partial charge is 0.487 e. The van der Waals surface area contributed by atoms with E-state index in [1.807, 2.05) is 60.4 Å². The molecule has 0 bridgehead atoms. The summed E-state index contributed by atoms with van der Waals surface area (Å²) >= 11 is 0. The molecule has 7 nitrogen and oxygen atoms in total. The van der Waals surface area contributed by atoms with Crippen LogP contribution in [-0.4, -0.2) is 53.4 Å². The van der Waals surface area contributed by atoms with Gasteiger partial charge in [-0.1, -0.05) is 22.9 Å². The molecule has 0 N–H and O–H groups in total. The summed E-state index contributed by atoms with van der Waals surface area (Å²) in [5, 5.41) is 4.13. The monoisotopic (exact) mass is 419 g/mol. The average molecular weight is 419 g/mol. The molecule has 2 aliphatic rings. The Morgan fingerprint density at radius 1 is 1.10 bits per heavy atom. The van der Waals surface area contributed by atoms with Crippen LogP contribution >= 0.6 is 0 Å². The highest BCUT2D eigenvalue weighted by Crippen LogP contribution is 2.28. The minimum Gasteiger partial charge on any atom is -0.487 e. The van der Waals surface area contributed by atoms with Gasteiger partial charge in [-0.05, 0) is 56.2 Å². The summed E-state index contributed by atoms with van der Waals surface area (Å²) in [6.45, 7) is 4.65. The fraction of sp³-hybridized carbons (Fsp3) is 0.375. The molecule has 0 saturated carbocycles. The van der Waals surface area contributed by atoms with Crippen LogP contribution in [0, 0.1) is 6.92 Å². The molecule has 3 aromatic rings. The lowest BCUT2D eigenvalue weighted by Crippen LogP contribution is -2.56. The van der Waals surface area contributed by atoms with E-state index < -0.39 is 0 Å². The molecular formula is C24H25N3O4. The lowest BCUT2D eigenvalue weighted by atomic mass is 10.0. The number of nitrogens with zero attached hydrogens (tertiary/aromatic N) is 3. The fourth-order valence-corrected chi connectivity index (χ4v) is 3.98. The van der Waals surface area contributed by atoms with Gasteiger partial charge in [0.05, 0.1) is 13.1 Å². The molecule has 0 spiro atoms. The maximum absolute atomic E-state index is 12.5. The molecule has 2 saturated heterocycles. The Bertz CT molecular complexity index is 1050. The number of amides is 1. The summed E-state index contributed by atoms with van der Waals surface area (Å²) in [5.74, 6) is 2.38. The van der Waals surface area contributed by atoms with Crippen molar-refractivity contribution in [2.45, 2.75) is 31.8 Å². The molecule has 3 heterocycles. The molecule has 1 aromatic heterocycles. The van der Waals surface area contributed by atoms with Gasteiger partial charge in [-0.3, -0.25) is 4.79 Å². The third kappa shape index (κ3) is 4.32. The molecule has 0 unspecified atom stereocenters. The first kappa shape index (κ1) is 19.8. The van der Waals surface area contributed by atoms with Crippen LogP contribution in [0.5, 0.6) is 5.75 Å². The minimum absolute atomic E-state index is 0.00454. The van der Waals surface area contributed by atoms with Crippen molar-refractivity contribution in [2.75, 3.05) is 26.3 Å². The van der Waals surface area contributed by atoms with Crippen LogP contribution < -0.4 is 4.74 Å². The SMILES string of the molecule is Cc1cccc(C(=O)N2CC(Oc3ccc(-c4noc(C5CCOCC5)n4)cc3)C2)c1. The van der Waals surface area contributed by atoms with Gasteiger partial charge in [-0.25, -0.2) is 0 Å². The molecule has 2 fully saturated rings. The van der Waals surface area contributed by atoms with E-state index in [0.717, 1.165) is 48.5 Å². The van der Waals surface area contributed by atoms with E-state index in [1.165, 1.54) is 0 Å². The van der Waals surface area contributed by atoms with Gasteiger partial charge in [-0.15, -0.1) is 0 Å². The van der Waals surface area contributed by atoms with Gasteiger partial charge in [0, 0.05) is 30.3 Å². The van der Waals surface area contributed by atoms with Crippen LogP contribution in [0.4, 0.5) is 0 Å². The maximum atomic E-state index is 12.5. The van der Waals surface area contributed by atoms with Crippen molar-refractivity contribution in [1.29, 1.82) is 0 Å². The molecule has 2 aromatic carbocycles. The minimum atomic E-state index is 0.00454.